The summed E-state index contributed by atoms with van der Waals surface area (Å²) in [6, 6.07) is 7.27. The highest BCUT2D eigenvalue weighted by Crippen LogP contribution is 2.16. The molecule has 0 saturated heterocycles. The standard InChI is InChI=1S/C13H22N2O3/c1-17-12-3-5-13(6-4-12)18-10-11(16)9-15-8-2-7-14/h3-6,11,15-16H,2,7-10,14H2,1H3. The Bertz CT molecular complexity index is 317. The molecule has 1 rings (SSSR count). The van der Waals surface area contributed by atoms with Crippen LogP contribution in [0, 0.1) is 0 Å². The Kier molecular flexibility index (Phi) is 7.17. The van der Waals surface area contributed by atoms with Gasteiger partial charge in [0.2, 0.25) is 0 Å². The van der Waals surface area contributed by atoms with Crippen molar-refractivity contribution in [2.45, 2.75) is 12.5 Å². The lowest BCUT2D eigenvalue weighted by Gasteiger charge is -2.13. The minimum atomic E-state index is -0.523. The van der Waals surface area contributed by atoms with Gasteiger partial charge in [-0.15, -0.1) is 0 Å². The van der Waals surface area contributed by atoms with Crippen molar-refractivity contribution < 1.29 is 14.6 Å². The number of methoxy groups -OCH3 is 1. The van der Waals surface area contributed by atoms with Gasteiger partial charge < -0.3 is 25.6 Å². The quantitative estimate of drug-likeness (QED) is 0.555. The molecule has 0 aliphatic carbocycles. The maximum Gasteiger partial charge on any atom is 0.119 e. The van der Waals surface area contributed by atoms with Crippen molar-refractivity contribution in [2.75, 3.05) is 33.4 Å². The number of rotatable bonds is 9. The van der Waals surface area contributed by atoms with Gasteiger partial charge in [-0.1, -0.05) is 0 Å². The number of benzene rings is 1. The van der Waals surface area contributed by atoms with E-state index in [4.69, 9.17) is 15.2 Å². The molecular formula is C13H22N2O3. The van der Waals surface area contributed by atoms with Gasteiger partial charge in [0.1, 0.15) is 24.2 Å². The van der Waals surface area contributed by atoms with E-state index in [2.05, 4.69) is 5.32 Å². The van der Waals surface area contributed by atoms with Crippen molar-refractivity contribution in [3.05, 3.63) is 24.3 Å². The zero-order valence-electron chi connectivity index (χ0n) is 10.8. The second-order valence-electron chi connectivity index (χ2n) is 3.99. The normalized spacial score (nSPS) is 12.2. The molecule has 18 heavy (non-hydrogen) atoms. The summed E-state index contributed by atoms with van der Waals surface area (Å²) in [5, 5.41) is 12.8. The van der Waals surface area contributed by atoms with E-state index in [0.29, 0.717) is 13.1 Å². The first kappa shape index (κ1) is 14.8. The molecule has 4 N–H and O–H groups in total. The molecule has 0 radical (unpaired) electrons. The van der Waals surface area contributed by atoms with Crippen LogP contribution in [0.2, 0.25) is 0 Å². The van der Waals surface area contributed by atoms with Crippen LogP contribution < -0.4 is 20.5 Å². The van der Waals surface area contributed by atoms with Crippen molar-refractivity contribution >= 4 is 0 Å². The molecule has 0 aliphatic rings. The number of nitrogens with one attached hydrogen (secondary N) is 1. The fourth-order valence-electron chi connectivity index (χ4n) is 1.42. The fourth-order valence-corrected chi connectivity index (χ4v) is 1.42. The Morgan fingerprint density at radius 3 is 2.56 bits per heavy atom. The van der Waals surface area contributed by atoms with Crippen molar-refractivity contribution in [3.8, 4) is 11.5 Å². The van der Waals surface area contributed by atoms with Gasteiger partial charge in [-0.05, 0) is 43.8 Å². The molecule has 0 bridgehead atoms. The summed E-state index contributed by atoms with van der Waals surface area (Å²) in [7, 11) is 1.62. The molecule has 0 heterocycles. The topological polar surface area (TPSA) is 76.7 Å². The van der Waals surface area contributed by atoms with Gasteiger partial charge >= 0.3 is 0 Å². The van der Waals surface area contributed by atoms with E-state index in [-0.39, 0.29) is 6.61 Å². The molecule has 0 saturated carbocycles. The predicted octanol–water partition coefficient (Wildman–Crippen LogP) is 0.373. The van der Waals surface area contributed by atoms with Gasteiger partial charge in [0, 0.05) is 6.54 Å². The average molecular weight is 254 g/mol. The Morgan fingerprint density at radius 2 is 1.94 bits per heavy atom. The third-order valence-corrected chi connectivity index (χ3v) is 2.44. The minimum absolute atomic E-state index is 0.266. The molecule has 0 aliphatic heterocycles. The second kappa shape index (κ2) is 8.74. The SMILES string of the molecule is COc1ccc(OCC(O)CNCCCN)cc1. The smallest absolute Gasteiger partial charge is 0.119 e. The summed E-state index contributed by atoms with van der Waals surface area (Å²) < 4.78 is 10.5. The predicted molar refractivity (Wildman–Crippen MR) is 71.0 cm³/mol. The van der Waals surface area contributed by atoms with E-state index in [1.54, 1.807) is 7.11 Å². The van der Waals surface area contributed by atoms with E-state index in [0.717, 1.165) is 24.5 Å². The van der Waals surface area contributed by atoms with Crippen molar-refractivity contribution in [1.82, 2.24) is 5.32 Å². The first-order valence-corrected chi connectivity index (χ1v) is 6.12. The Balaban J connectivity index is 2.18. The summed E-state index contributed by atoms with van der Waals surface area (Å²) in [6.07, 6.45) is 0.386. The molecule has 1 unspecified atom stereocenters. The minimum Gasteiger partial charge on any atom is -0.497 e. The van der Waals surface area contributed by atoms with Crippen LogP contribution in [0.15, 0.2) is 24.3 Å². The zero-order chi connectivity index (χ0) is 13.2. The van der Waals surface area contributed by atoms with Crippen LogP contribution in [0.4, 0.5) is 0 Å². The summed E-state index contributed by atoms with van der Waals surface area (Å²) in [6.45, 7) is 2.25. The summed E-state index contributed by atoms with van der Waals surface area (Å²) in [4.78, 5) is 0. The van der Waals surface area contributed by atoms with Crippen LogP contribution in [0.25, 0.3) is 0 Å². The van der Waals surface area contributed by atoms with Crippen LogP contribution in [0.1, 0.15) is 6.42 Å². The highest BCUT2D eigenvalue weighted by Gasteiger charge is 2.04. The molecule has 5 nitrogen and oxygen atoms in total. The Hall–Kier alpha value is -1.30. The molecule has 0 spiro atoms. The summed E-state index contributed by atoms with van der Waals surface area (Å²) >= 11 is 0. The number of ether oxygens (including phenoxy) is 2. The fraction of sp³-hybridized carbons (Fsp3) is 0.538. The largest absolute Gasteiger partial charge is 0.497 e. The lowest BCUT2D eigenvalue weighted by atomic mass is 10.3. The van der Waals surface area contributed by atoms with Gasteiger partial charge in [0.05, 0.1) is 7.11 Å². The number of aliphatic hydroxyl groups is 1. The van der Waals surface area contributed by atoms with Gasteiger partial charge in [0.25, 0.3) is 0 Å². The average Bonchev–Trinajstić information content (AvgIpc) is 2.42. The van der Waals surface area contributed by atoms with Gasteiger partial charge in [-0.2, -0.15) is 0 Å². The molecule has 0 amide bonds. The molecule has 5 heteroatoms. The van der Waals surface area contributed by atoms with Crippen LogP contribution in [0.3, 0.4) is 0 Å². The van der Waals surface area contributed by atoms with Crippen molar-refractivity contribution in [2.24, 2.45) is 5.73 Å². The van der Waals surface area contributed by atoms with Crippen LogP contribution in [0.5, 0.6) is 11.5 Å². The first-order chi connectivity index (χ1) is 8.76. The molecule has 1 aromatic carbocycles. The number of hydrogen-bond donors (Lipinski definition) is 3. The monoisotopic (exact) mass is 254 g/mol. The molecule has 1 atom stereocenters. The van der Waals surface area contributed by atoms with E-state index >= 15 is 0 Å². The maximum atomic E-state index is 9.67. The lowest BCUT2D eigenvalue weighted by Crippen LogP contribution is -2.32. The molecule has 0 aromatic heterocycles. The maximum absolute atomic E-state index is 9.67. The second-order valence-corrected chi connectivity index (χ2v) is 3.99. The van der Waals surface area contributed by atoms with Crippen molar-refractivity contribution in [3.63, 3.8) is 0 Å². The molecular weight excluding hydrogens is 232 g/mol. The number of aliphatic hydroxyl groups excluding tert-OH is 1. The van der Waals surface area contributed by atoms with E-state index in [9.17, 15) is 5.11 Å². The highest BCUT2D eigenvalue weighted by atomic mass is 16.5. The van der Waals surface area contributed by atoms with Crippen molar-refractivity contribution in [1.29, 1.82) is 0 Å². The van der Waals surface area contributed by atoms with Crippen LogP contribution >= 0.6 is 0 Å². The zero-order valence-corrected chi connectivity index (χ0v) is 10.8. The van der Waals surface area contributed by atoms with Gasteiger partial charge in [-0.25, -0.2) is 0 Å². The van der Waals surface area contributed by atoms with Gasteiger partial charge in [-0.3, -0.25) is 0 Å². The summed E-state index contributed by atoms with van der Waals surface area (Å²) in [5.74, 6) is 1.50. The molecule has 0 fully saturated rings. The van der Waals surface area contributed by atoms with Gasteiger partial charge in [0.15, 0.2) is 0 Å². The number of nitrogens with two attached hydrogens (primary N) is 1. The van der Waals surface area contributed by atoms with E-state index in [1.165, 1.54) is 0 Å². The van der Waals surface area contributed by atoms with Crippen LogP contribution in [-0.2, 0) is 0 Å². The van der Waals surface area contributed by atoms with Crippen LogP contribution in [-0.4, -0.2) is 44.6 Å². The summed E-state index contributed by atoms with van der Waals surface area (Å²) in [5.41, 5.74) is 5.37. The lowest BCUT2D eigenvalue weighted by molar-refractivity contribution is 0.106. The molecule has 102 valence electrons. The van der Waals surface area contributed by atoms with E-state index < -0.39 is 6.10 Å². The third-order valence-electron chi connectivity index (χ3n) is 2.44. The van der Waals surface area contributed by atoms with E-state index in [1.807, 2.05) is 24.3 Å². The Morgan fingerprint density at radius 1 is 1.28 bits per heavy atom. The number of hydrogen-bond acceptors (Lipinski definition) is 5. The highest BCUT2D eigenvalue weighted by molar-refractivity contribution is 5.31. The third kappa shape index (κ3) is 5.86. The first-order valence-electron chi connectivity index (χ1n) is 6.12. The Labute approximate surface area is 108 Å². The molecule has 1 aromatic rings.